The fraction of sp³-hybridized carbons (Fsp3) is 0.0909. The Bertz CT molecular complexity index is 1200. The summed E-state index contributed by atoms with van der Waals surface area (Å²) in [7, 11) is -3.70. The quantitative estimate of drug-likeness (QED) is 0.491. The Labute approximate surface area is 163 Å². The largest absolute Gasteiger partial charge is 0.462 e. The van der Waals surface area contributed by atoms with Gasteiger partial charge in [0.15, 0.2) is 0 Å². The lowest BCUT2D eigenvalue weighted by atomic mass is 10.0. The van der Waals surface area contributed by atoms with Crippen LogP contribution >= 0.6 is 0 Å². The monoisotopic (exact) mass is 391 g/mol. The normalized spacial score (nSPS) is 14.2. The Morgan fingerprint density at radius 2 is 1.54 bits per heavy atom. The molecule has 6 heteroatoms. The van der Waals surface area contributed by atoms with Gasteiger partial charge in [-0.15, -0.1) is 0 Å². The van der Waals surface area contributed by atoms with E-state index < -0.39 is 15.8 Å². The highest BCUT2D eigenvalue weighted by molar-refractivity contribution is 7.91. The number of ether oxygens (including phenoxy) is 1. The van der Waals surface area contributed by atoms with Crippen molar-refractivity contribution in [1.29, 1.82) is 0 Å². The van der Waals surface area contributed by atoms with Crippen molar-refractivity contribution in [2.75, 3.05) is 6.61 Å². The Morgan fingerprint density at radius 1 is 0.893 bits per heavy atom. The lowest BCUT2D eigenvalue weighted by Gasteiger charge is -2.10. The summed E-state index contributed by atoms with van der Waals surface area (Å²) < 4.78 is 31.4. The van der Waals surface area contributed by atoms with Gasteiger partial charge in [-0.05, 0) is 37.3 Å². The lowest BCUT2D eigenvalue weighted by Crippen LogP contribution is -2.10. The number of aliphatic imine (C=N–C) groups is 1. The predicted octanol–water partition coefficient (Wildman–Crippen LogP) is 4.18. The van der Waals surface area contributed by atoms with Gasteiger partial charge >= 0.3 is 5.97 Å². The van der Waals surface area contributed by atoms with Crippen LogP contribution in [0, 0.1) is 0 Å². The molecule has 0 fully saturated rings. The van der Waals surface area contributed by atoms with E-state index in [0.29, 0.717) is 34.7 Å². The average molecular weight is 391 g/mol. The molecule has 1 aliphatic rings. The number of carbonyl (C=O) groups excluding carboxylic acids is 1. The van der Waals surface area contributed by atoms with Gasteiger partial charge in [-0.3, -0.25) is 0 Å². The van der Waals surface area contributed by atoms with Crippen LogP contribution in [-0.2, 0) is 14.6 Å². The number of sulfone groups is 1. The Kier molecular flexibility index (Phi) is 4.57. The fourth-order valence-electron chi connectivity index (χ4n) is 3.17. The van der Waals surface area contributed by atoms with E-state index in [2.05, 4.69) is 4.99 Å². The first-order chi connectivity index (χ1) is 13.5. The maximum atomic E-state index is 13.2. The molecule has 1 aliphatic heterocycles. The number of para-hydroxylation sites is 1. The zero-order valence-electron chi connectivity index (χ0n) is 15.1. The maximum absolute atomic E-state index is 13.2. The molecule has 0 amide bonds. The van der Waals surface area contributed by atoms with Crippen molar-refractivity contribution in [3.63, 3.8) is 0 Å². The molecule has 5 nitrogen and oxygen atoms in total. The number of carbonyl (C=O) groups is 1. The lowest BCUT2D eigenvalue weighted by molar-refractivity contribution is 0.0526. The third kappa shape index (κ3) is 3.01. The first-order valence-electron chi connectivity index (χ1n) is 8.82. The van der Waals surface area contributed by atoms with E-state index in [9.17, 15) is 13.2 Å². The van der Waals surface area contributed by atoms with Crippen LogP contribution in [0.1, 0.15) is 28.4 Å². The van der Waals surface area contributed by atoms with Crippen molar-refractivity contribution in [1.82, 2.24) is 0 Å². The second kappa shape index (κ2) is 7.05. The van der Waals surface area contributed by atoms with E-state index in [0.717, 1.165) is 0 Å². The summed E-state index contributed by atoms with van der Waals surface area (Å²) in [4.78, 5) is 17.0. The molecule has 0 saturated carbocycles. The van der Waals surface area contributed by atoms with Crippen molar-refractivity contribution in [2.45, 2.75) is 16.7 Å². The molecule has 3 aromatic rings. The molecule has 0 aromatic heterocycles. The van der Waals surface area contributed by atoms with Crippen molar-refractivity contribution in [3.8, 4) is 0 Å². The second-order valence-corrected chi connectivity index (χ2v) is 8.11. The molecule has 140 valence electrons. The molecule has 0 spiro atoms. The molecular formula is C22H17NO4S. The second-order valence-electron chi connectivity index (χ2n) is 6.23. The van der Waals surface area contributed by atoms with Crippen LogP contribution in [0.4, 0.5) is 5.69 Å². The van der Waals surface area contributed by atoms with E-state index >= 15 is 0 Å². The van der Waals surface area contributed by atoms with E-state index in [-0.39, 0.29) is 9.79 Å². The minimum atomic E-state index is -3.70. The van der Waals surface area contributed by atoms with Crippen molar-refractivity contribution >= 4 is 27.2 Å². The first kappa shape index (κ1) is 18.1. The molecule has 3 aromatic carbocycles. The van der Waals surface area contributed by atoms with Gasteiger partial charge in [0.25, 0.3) is 0 Å². The summed E-state index contributed by atoms with van der Waals surface area (Å²) in [5, 5.41) is 0. The summed E-state index contributed by atoms with van der Waals surface area (Å²) in [6, 6.07) is 20.3. The molecule has 0 aliphatic carbocycles. The van der Waals surface area contributed by atoms with Crippen LogP contribution in [0.2, 0.25) is 0 Å². The number of fused-ring (bicyclic) bond motifs is 2. The van der Waals surface area contributed by atoms with Gasteiger partial charge in [0, 0.05) is 11.1 Å². The number of hydrogen-bond donors (Lipinski definition) is 0. The number of hydrogen-bond acceptors (Lipinski definition) is 5. The maximum Gasteiger partial charge on any atom is 0.338 e. The zero-order chi connectivity index (χ0) is 19.7. The molecule has 0 bridgehead atoms. The van der Waals surface area contributed by atoms with Crippen molar-refractivity contribution in [2.24, 2.45) is 4.99 Å². The molecule has 0 atom stereocenters. The number of nitrogens with zero attached hydrogens (tertiary/aromatic N) is 1. The van der Waals surface area contributed by atoms with Gasteiger partial charge in [0.1, 0.15) is 0 Å². The topological polar surface area (TPSA) is 72.8 Å². The van der Waals surface area contributed by atoms with Gasteiger partial charge < -0.3 is 4.74 Å². The van der Waals surface area contributed by atoms with Crippen LogP contribution in [0.3, 0.4) is 0 Å². The van der Waals surface area contributed by atoms with Gasteiger partial charge in [0.2, 0.25) is 9.84 Å². The van der Waals surface area contributed by atoms with E-state index in [1.54, 1.807) is 79.7 Å². The molecule has 0 unspecified atom stereocenters. The standard InChI is InChI=1S/C22H17NO4S/c1-2-27-22(24)16-13-11-15(12-14-16)21-17-7-3-5-9-19(17)28(25,26)20-10-6-4-8-18(20)23-21/h3-14H,2H2,1H3. The van der Waals surface area contributed by atoms with Crippen LogP contribution in [0.25, 0.3) is 0 Å². The van der Waals surface area contributed by atoms with Gasteiger partial charge in [-0.25, -0.2) is 18.2 Å². The smallest absolute Gasteiger partial charge is 0.338 e. The van der Waals surface area contributed by atoms with Crippen molar-refractivity contribution in [3.05, 3.63) is 89.5 Å². The minimum absolute atomic E-state index is 0.181. The van der Waals surface area contributed by atoms with Crippen LogP contribution in [0.15, 0.2) is 87.6 Å². The summed E-state index contributed by atoms with van der Waals surface area (Å²) in [6.07, 6.45) is 0. The number of esters is 1. The highest BCUT2D eigenvalue weighted by atomic mass is 32.2. The predicted molar refractivity (Wildman–Crippen MR) is 106 cm³/mol. The summed E-state index contributed by atoms with van der Waals surface area (Å²) in [6.45, 7) is 2.05. The molecule has 0 radical (unpaired) electrons. The van der Waals surface area contributed by atoms with E-state index in [1.165, 1.54) is 0 Å². The van der Waals surface area contributed by atoms with Crippen LogP contribution in [0.5, 0.6) is 0 Å². The third-order valence-electron chi connectivity index (χ3n) is 4.49. The zero-order valence-corrected chi connectivity index (χ0v) is 15.9. The van der Waals surface area contributed by atoms with Crippen molar-refractivity contribution < 1.29 is 17.9 Å². The third-order valence-corrected chi connectivity index (χ3v) is 6.35. The average Bonchev–Trinajstić information content (AvgIpc) is 2.82. The summed E-state index contributed by atoms with van der Waals surface area (Å²) >= 11 is 0. The Hall–Kier alpha value is -3.25. The summed E-state index contributed by atoms with van der Waals surface area (Å²) in [5.41, 5.74) is 2.61. The first-order valence-corrected chi connectivity index (χ1v) is 10.3. The SMILES string of the molecule is CCOC(=O)c1ccc(C2=Nc3ccccc3S(=O)(=O)c3ccccc32)cc1. The van der Waals surface area contributed by atoms with Gasteiger partial charge in [0.05, 0.1) is 33.4 Å². The fourth-order valence-corrected chi connectivity index (χ4v) is 4.77. The van der Waals surface area contributed by atoms with Crippen LogP contribution < -0.4 is 0 Å². The molecule has 28 heavy (non-hydrogen) atoms. The van der Waals surface area contributed by atoms with E-state index in [1.807, 2.05) is 0 Å². The van der Waals surface area contributed by atoms with Gasteiger partial charge in [-0.2, -0.15) is 0 Å². The van der Waals surface area contributed by atoms with Crippen LogP contribution in [-0.4, -0.2) is 26.7 Å². The minimum Gasteiger partial charge on any atom is -0.462 e. The Balaban J connectivity index is 1.91. The van der Waals surface area contributed by atoms with Gasteiger partial charge in [-0.1, -0.05) is 42.5 Å². The number of benzene rings is 3. The highest BCUT2D eigenvalue weighted by Crippen LogP contribution is 2.36. The molecule has 4 rings (SSSR count). The summed E-state index contributed by atoms with van der Waals surface area (Å²) in [5.74, 6) is -0.398. The molecule has 1 heterocycles. The number of rotatable bonds is 3. The molecule has 0 N–H and O–H groups in total. The molecular weight excluding hydrogens is 374 g/mol. The highest BCUT2D eigenvalue weighted by Gasteiger charge is 2.29. The molecule has 0 saturated heterocycles. The Morgan fingerprint density at radius 3 is 2.25 bits per heavy atom. The van der Waals surface area contributed by atoms with E-state index in [4.69, 9.17) is 4.74 Å².